The standard InChI is InChI=1S/C13H26N2/c1-12-6-5-7-13(12)14-8-11-15-9-3-2-4-10-15/h12-14H,2-11H2,1H3/t12-,13-/m0/s1. The highest BCUT2D eigenvalue weighted by Gasteiger charge is 2.22. The molecule has 0 radical (unpaired) electrons. The van der Waals surface area contributed by atoms with Crippen molar-refractivity contribution in [3.05, 3.63) is 0 Å². The van der Waals surface area contributed by atoms with Crippen molar-refractivity contribution in [2.24, 2.45) is 5.92 Å². The molecule has 1 saturated carbocycles. The maximum Gasteiger partial charge on any atom is 0.0107 e. The van der Waals surface area contributed by atoms with Gasteiger partial charge in [0.2, 0.25) is 0 Å². The highest BCUT2D eigenvalue weighted by molar-refractivity contribution is 4.80. The van der Waals surface area contributed by atoms with Crippen LogP contribution in [0.5, 0.6) is 0 Å². The highest BCUT2D eigenvalue weighted by Crippen LogP contribution is 2.24. The van der Waals surface area contributed by atoms with Crippen LogP contribution in [0.25, 0.3) is 0 Å². The van der Waals surface area contributed by atoms with Crippen LogP contribution < -0.4 is 5.32 Å². The summed E-state index contributed by atoms with van der Waals surface area (Å²) in [7, 11) is 0. The van der Waals surface area contributed by atoms with Gasteiger partial charge < -0.3 is 10.2 Å². The summed E-state index contributed by atoms with van der Waals surface area (Å²) in [5, 5.41) is 3.74. The number of nitrogens with zero attached hydrogens (tertiary/aromatic N) is 1. The molecule has 1 aliphatic heterocycles. The maximum absolute atomic E-state index is 3.74. The van der Waals surface area contributed by atoms with Gasteiger partial charge in [0.05, 0.1) is 0 Å². The molecule has 88 valence electrons. The summed E-state index contributed by atoms with van der Waals surface area (Å²) in [6, 6.07) is 0.815. The first-order valence-electron chi connectivity index (χ1n) is 6.82. The zero-order valence-electron chi connectivity index (χ0n) is 10.2. The second-order valence-electron chi connectivity index (χ2n) is 5.37. The largest absolute Gasteiger partial charge is 0.312 e. The van der Waals surface area contributed by atoms with Crippen molar-refractivity contribution in [1.82, 2.24) is 10.2 Å². The van der Waals surface area contributed by atoms with E-state index in [1.807, 2.05) is 0 Å². The number of rotatable bonds is 4. The molecule has 0 aromatic carbocycles. The van der Waals surface area contributed by atoms with Crippen molar-refractivity contribution < 1.29 is 0 Å². The Morgan fingerprint density at radius 1 is 1.07 bits per heavy atom. The molecule has 2 heteroatoms. The summed E-state index contributed by atoms with van der Waals surface area (Å²) in [5.74, 6) is 0.909. The number of nitrogens with one attached hydrogen (secondary N) is 1. The predicted octanol–water partition coefficient (Wildman–Crippen LogP) is 2.25. The van der Waals surface area contributed by atoms with Gasteiger partial charge in [-0.1, -0.05) is 19.8 Å². The van der Waals surface area contributed by atoms with E-state index in [4.69, 9.17) is 0 Å². The molecular weight excluding hydrogens is 184 g/mol. The van der Waals surface area contributed by atoms with E-state index in [0.29, 0.717) is 0 Å². The van der Waals surface area contributed by atoms with Gasteiger partial charge in [-0.2, -0.15) is 0 Å². The Bertz CT molecular complexity index is 175. The molecule has 1 heterocycles. The van der Waals surface area contributed by atoms with Crippen molar-refractivity contribution in [2.45, 2.75) is 51.5 Å². The lowest BCUT2D eigenvalue weighted by molar-refractivity contribution is 0.224. The molecule has 1 aliphatic carbocycles. The minimum Gasteiger partial charge on any atom is -0.312 e. The second kappa shape index (κ2) is 5.86. The molecule has 0 bridgehead atoms. The lowest BCUT2D eigenvalue weighted by Gasteiger charge is -2.27. The summed E-state index contributed by atoms with van der Waals surface area (Å²) in [6.07, 6.45) is 8.55. The molecule has 0 aromatic rings. The quantitative estimate of drug-likeness (QED) is 0.765. The van der Waals surface area contributed by atoms with E-state index in [0.717, 1.165) is 12.0 Å². The lowest BCUT2D eigenvalue weighted by atomic mass is 10.1. The third kappa shape index (κ3) is 3.46. The van der Waals surface area contributed by atoms with Gasteiger partial charge in [-0.25, -0.2) is 0 Å². The molecule has 1 N–H and O–H groups in total. The first-order chi connectivity index (χ1) is 7.36. The molecule has 2 aliphatic rings. The first-order valence-corrected chi connectivity index (χ1v) is 6.82. The fourth-order valence-corrected chi connectivity index (χ4v) is 3.04. The Morgan fingerprint density at radius 3 is 2.53 bits per heavy atom. The molecule has 2 rings (SSSR count). The van der Waals surface area contributed by atoms with E-state index >= 15 is 0 Å². The lowest BCUT2D eigenvalue weighted by Crippen LogP contribution is -2.40. The Balaban J connectivity index is 1.57. The van der Waals surface area contributed by atoms with Gasteiger partial charge >= 0.3 is 0 Å². The average molecular weight is 210 g/mol. The van der Waals surface area contributed by atoms with Crippen LogP contribution >= 0.6 is 0 Å². The molecule has 0 aromatic heterocycles. The molecular formula is C13H26N2. The Morgan fingerprint density at radius 2 is 1.87 bits per heavy atom. The van der Waals surface area contributed by atoms with E-state index in [2.05, 4.69) is 17.1 Å². The monoisotopic (exact) mass is 210 g/mol. The number of hydrogen-bond donors (Lipinski definition) is 1. The van der Waals surface area contributed by atoms with Crippen molar-refractivity contribution >= 4 is 0 Å². The molecule has 2 fully saturated rings. The van der Waals surface area contributed by atoms with Crippen molar-refractivity contribution in [3.63, 3.8) is 0 Å². The molecule has 0 amide bonds. The van der Waals surface area contributed by atoms with Crippen LogP contribution in [-0.4, -0.2) is 37.1 Å². The summed E-state index contributed by atoms with van der Waals surface area (Å²) >= 11 is 0. The van der Waals surface area contributed by atoms with Crippen molar-refractivity contribution in [1.29, 1.82) is 0 Å². The minimum absolute atomic E-state index is 0.815. The third-order valence-electron chi connectivity index (χ3n) is 4.14. The molecule has 2 atom stereocenters. The molecule has 15 heavy (non-hydrogen) atoms. The summed E-state index contributed by atoms with van der Waals surface area (Å²) < 4.78 is 0. The third-order valence-corrected chi connectivity index (χ3v) is 4.14. The van der Waals surface area contributed by atoms with Crippen LogP contribution in [0.15, 0.2) is 0 Å². The first kappa shape index (κ1) is 11.4. The average Bonchev–Trinajstić information content (AvgIpc) is 2.66. The van der Waals surface area contributed by atoms with Gasteiger partial charge in [0, 0.05) is 19.1 Å². The Hall–Kier alpha value is -0.0800. The van der Waals surface area contributed by atoms with Gasteiger partial charge in [-0.05, 0) is 44.7 Å². The highest BCUT2D eigenvalue weighted by atomic mass is 15.1. The van der Waals surface area contributed by atoms with E-state index in [1.165, 1.54) is 64.7 Å². The summed E-state index contributed by atoms with van der Waals surface area (Å²) in [5.41, 5.74) is 0. The number of hydrogen-bond acceptors (Lipinski definition) is 2. The van der Waals surface area contributed by atoms with Crippen LogP contribution in [0.1, 0.15) is 45.4 Å². The Labute approximate surface area is 94.4 Å². The van der Waals surface area contributed by atoms with E-state index < -0.39 is 0 Å². The Kier molecular flexibility index (Phi) is 4.45. The van der Waals surface area contributed by atoms with Gasteiger partial charge in [0.25, 0.3) is 0 Å². The predicted molar refractivity (Wildman–Crippen MR) is 65.1 cm³/mol. The van der Waals surface area contributed by atoms with Crippen molar-refractivity contribution in [3.8, 4) is 0 Å². The van der Waals surface area contributed by atoms with Crippen LogP contribution in [-0.2, 0) is 0 Å². The van der Waals surface area contributed by atoms with E-state index in [1.54, 1.807) is 0 Å². The smallest absolute Gasteiger partial charge is 0.0107 e. The van der Waals surface area contributed by atoms with E-state index in [-0.39, 0.29) is 0 Å². The van der Waals surface area contributed by atoms with Crippen LogP contribution in [0, 0.1) is 5.92 Å². The van der Waals surface area contributed by atoms with Crippen LogP contribution in [0.4, 0.5) is 0 Å². The van der Waals surface area contributed by atoms with Crippen LogP contribution in [0.3, 0.4) is 0 Å². The normalized spacial score (nSPS) is 33.4. The van der Waals surface area contributed by atoms with Crippen LogP contribution in [0.2, 0.25) is 0 Å². The zero-order chi connectivity index (χ0) is 10.5. The molecule has 1 saturated heterocycles. The topological polar surface area (TPSA) is 15.3 Å². The van der Waals surface area contributed by atoms with Gasteiger partial charge in [-0.3, -0.25) is 0 Å². The fraction of sp³-hybridized carbons (Fsp3) is 1.00. The SMILES string of the molecule is C[C@H]1CCC[C@@H]1NCCN1CCCCC1. The van der Waals surface area contributed by atoms with E-state index in [9.17, 15) is 0 Å². The number of piperidine rings is 1. The van der Waals surface area contributed by atoms with Gasteiger partial charge in [0.1, 0.15) is 0 Å². The molecule has 2 nitrogen and oxygen atoms in total. The van der Waals surface area contributed by atoms with Gasteiger partial charge in [0.15, 0.2) is 0 Å². The number of likely N-dealkylation sites (tertiary alicyclic amines) is 1. The minimum atomic E-state index is 0.815. The summed E-state index contributed by atoms with van der Waals surface area (Å²) in [6.45, 7) is 7.54. The molecule has 0 unspecified atom stereocenters. The molecule has 0 spiro atoms. The van der Waals surface area contributed by atoms with Gasteiger partial charge in [-0.15, -0.1) is 0 Å². The summed E-state index contributed by atoms with van der Waals surface area (Å²) in [4.78, 5) is 2.62. The van der Waals surface area contributed by atoms with Crippen molar-refractivity contribution in [2.75, 3.05) is 26.2 Å². The second-order valence-corrected chi connectivity index (χ2v) is 5.37. The fourth-order valence-electron chi connectivity index (χ4n) is 3.04. The zero-order valence-corrected chi connectivity index (χ0v) is 10.2. The maximum atomic E-state index is 3.74.